The summed E-state index contributed by atoms with van der Waals surface area (Å²) >= 11 is 6.77. The van der Waals surface area contributed by atoms with Gasteiger partial charge in [0.25, 0.3) is 5.91 Å². The van der Waals surface area contributed by atoms with E-state index in [0.717, 1.165) is 38.2 Å². The topological polar surface area (TPSA) is 89.4 Å². The molecule has 1 aromatic heterocycles. The zero-order valence-corrected chi connectivity index (χ0v) is 26.6. The Balaban J connectivity index is 2.02. The highest BCUT2D eigenvalue weighted by molar-refractivity contribution is 7.83. The summed E-state index contributed by atoms with van der Waals surface area (Å²) in [6.07, 6.45) is 0.717. The molecule has 1 fully saturated rings. The Morgan fingerprint density at radius 1 is 1.07 bits per heavy atom. The Hall–Kier alpha value is -2.37. The maximum absolute atomic E-state index is 14.2. The number of carbonyl (C=O) groups excluding carboxylic acids is 2. The highest BCUT2D eigenvalue weighted by Gasteiger charge is 2.37. The van der Waals surface area contributed by atoms with E-state index in [1.807, 2.05) is 0 Å². The van der Waals surface area contributed by atoms with Crippen LogP contribution < -0.4 is 10.0 Å². The van der Waals surface area contributed by atoms with E-state index < -0.39 is 45.6 Å². The zero-order chi connectivity index (χ0) is 31.5. The number of hydrogen-bond donors (Lipinski definition) is 2. The number of methoxy groups -OCH3 is 1. The predicted octanol–water partition coefficient (Wildman–Crippen LogP) is 7.14. The second kappa shape index (κ2) is 13.5. The van der Waals surface area contributed by atoms with Crippen LogP contribution in [0.1, 0.15) is 89.1 Å². The lowest BCUT2D eigenvalue weighted by molar-refractivity contribution is -0.151. The summed E-state index contributed by atoms with van der Waals surface area (Å²) in [5.41, 5.74) is -1.80. The van der Waals surface area contributed by atoms with Crippen molar-refractivity contribution in [2.45, 2.75) is 96.3 Å². The number of benzene rings is 1. The SMILES string of the molecule is COC(=O)C(C)(C)CCNC(=O)c1cc(-c2ccc(S(=O)NC(C)(C)C)c(C(F)(F)F)c2)n(CC2CCCCC2)c1Cl. The number of esters is 1. The first-order valence-corrected chi connectivity index (χ1v) is 15.6. The molecule has 12 heteroatoms. The quantitative estimate of drug-likeness (QED) is 0.273. The first-order valence-electron chi connectivity index (χ1n) is 14.1. The van der Waals surface area contributed by atoms with Gasteiger partial charge in [0.2, 0.25) is 0 Å². The van der Waals surface area contributed by atoms with Crippen LogP contribution in [0, 0.1) is 11.3 Å². The average Bonchev–Trinajstić information content (AvgIpc) is 3.22. The van der Waals surface area contributed by atoms with Crippen molar-refractivity contribution < 1.29 is 31.7 Å². The third kappa shape index (κ3) is 8.60. The number of rotatable bonds is 10. The maximum atomic E-state index is 14.2. The molecule has 42 heavy (non-hydrogen) atoms. The molecule has 1 aliphatic rings. The average molecular weight is 632 g/mol. The lowest BCUT2D eigenvalue weighted by Crippen LogP contribution is -2.37. The van der Waals surface area contributed by atoms with Gasteiger partial charge in [0, 0.05) is 18.6 Å². The molecule has 0 saturated heterocycles. The Kier molecular flexibility index (Phi) is 11.0. The van der Waals surface area contributed by atoms with E-state index >= 15 is 0 Å². The van der Waals surface area contributed by atoms with Crippen molar-refractivity contribution in [2.75, 3.05) is 13.7 Å². The van der Waals surface area contributed by atoms with E-state index in [1.165, 1.54) is 25.3 Å². The molecule has 0 spiro atoms. The summed E-state index contributed by atoms with van der Waals surface area (Å²) in [6.45, 7) is 9.20. The fourth-order valence-corrected chi connectivity index (χ4v) is 6.63. The molecule has 1 unspecified atom stereocenters. The Morgan fingerprint density at radius 3 is 2.29 bits per heavy atom. The molecule has 2 N–H and O–H groups in total. The highest BCUT2D eigenvalue weighted by atomic mass is 35.5. The molecule has 1 atom stereocenters. The Bertz CT molecular complexity index is 1310. The van der Waals surface area contributed by atoms with Gasteiger partial charge in [-0.05, 0) is 83.6 Å². The molecule has 1 heterocycles. The molecule has 3 rings (SSSR count). The van der Waals surface area contributed by atoms with Crippen LogP contribution >= 0.6 is 11.6 Å². The Labute approximate surface area is 253 Å². The fraction of sp³-hybridized carbons (Fsp3) is 0.600. The van der Waals surface area contributed by atoms with Crippen molar-refractivity contribution in [3.8, 4) is 11.3 Å². The lowest BCUT2D eigenvalue weighted by Gasteiger charge is -2.24. The fourth-order valence-electron chi connectivity index (χ4n) is 5.10. The first-order chi connectivity index (χ1) is 19.4. The minimum Gasteiger partial charge on any atom is -0.469 e. The largest absolute Gasteiger partial charge is 0.469 e. The van der Waals surface area contributed by atoms with Crippen LogP contribution in [0.4, 0.5) is 13.2 Å². The maximum Gasteiger partial charge on any atom is 0.417 e. The number of nitrogens with zero attached hydrogens (tertiary/aromatic N) is 1. The molecule has 0 radical (unpaired) electrons. The lowest BCUT2D eigenvalue weighted by atomic mass is 9.89. The summed E-state index contributed by atoms with van der Waals surface area (Å²) < 4.78 is 64.9. The van der Waals surface area contributed by atoms with Gasteiger partial charge >= 0.3 is 12.1 Å². The molecule has 1 amide bonds. The zero-order valence-electron chi connectivity index (χ0n) is 25.0. The number of nitrogens with one attached hydrogen (secondary N) is 2. The van der Waals surface area contributed by atoms with Gasteiger partial charge in [-0.1, -0.05) is 36.9 Å². The van der Waals surface area contributed by atoms with Crippen LogP contribution in [0.25, 0.3) is 11.3 Å². The van der Waals surface area contributed by atoms with Gasteiger partial charge in [0.1, 0.15) is 16.1 Å². The van der Waals surface area contributed by atoms with E-state index in [2.05, 4.69) is 10.0 Å². The first kappa shape index (κ1) is 34.1. The van der Waals surface area contributed by atoms with Crippen molar-refractivity contribution in [3.05, 3.63) is 40.5 Å². The van der Waals surface area contributed by atoms with Crippen LogP contribution in [-0.2, 0) is 33.2 Å². The summed E-state index contributed by atoms with van der Waals surface area (Å²) in [5.74, 6) is -0.630. The molecular weight excluding hydrogens is 591 g/mol. The molecule has 1 aliphatic carbocycles. The summed E-state index contributed by atoms with van der Waals surface area (Å²) in [4.78, 5) is 24.9. The Morgan fingerprint density at radius 2 is 1.71 bits per heavy atom. The third-order valence-electron chi connectivity index (χ3n) is 7.39. The van der Waals surface area contributed by atoms with Crippen molar-refractivity contribution in [2.24, 2.45) is 11.3 Å². The summed E-state index contributed by atoms with van der Waals surface area (Å²) in [6, 6.07) is 5.18. The van der Waals surface area contributed by atoms with Gasteiger partial charge in [-0.25, -0.2) is 8.93 Å². The van der Waals surface area contributed by atoms with Gasteiger partial charge in [-0.3, -0.25) is 9.59 Å². The van der Waals surface area contributed by atoms with Gasteiger partial charge in [0.05, 0.1) is 34.2 Å². The van der Waals surface area contributed by atoms with Crippen LogP contribution in [0.15, 0.2) is 29.2 Å². The minimum atomic E-state index is -4.77. The monoisotopic (exact) mass is 631 g/mol. The molecule has 0 aliphatic heterocycles. The van der Waals surface area contributed by atoms with Gasteiger partial charge < -0.3 is 14.6 Å². The molecule has 7 nitrogen and oxygen atoms in total. The summed E-state index contributed by atoms with van der Waals surface area (Å²) in [5, 5.41) is 2.91. The predicted molar refractivity (Wildman–Crippen MR) is 158 cm³/mol. The number of alkyl halides is 3. The highest BCUT2D eigenvalue weighted by Crippen LogP contribution is 2.39. The van der Waals surface area contributed by atoms with E-state index in [1.54, 1.807) is 39.2 Å². The molecule has 1 saturated carbocycles. The third-order valence-corrected chi connectivity index (χ3v) is 9.35. The smallest absolute Gasteiger partial charge is 0.417 e. The van der Waals surface area contributed by atoms with Crippen molar-refractivity contribution in [3.63, 3.8) is 0 Å². The molecule has 234 valence electrons. The minimum absolute atomic E-state index is 0.133. The van der Waals surface area contributed by atoms with Gasteiger partial charge in [-0.2, -0.15) is 13.2 Å². The van der Waals surface area contributed by atoms with Crippen molar-refractivity contribution in [1.29, 1.82) is 0 Å². The second-order valence-corrected chi connectivity index (χ2v) is 14.1. The molecule has 1 aromatic carbocycles. The number of carbonyl (C=O) groups is 2. The number of amides is 1. The van der Waals surface area contributed by atoms with E-state index in [9.17, 15) is 27.0 Å². The van der Waals surface area contributed by atoms with Crippen molar-refractivity contribution >= 4 is 34.5 Å². The van der Waals surface area contributed by atoms with E-state index in [0.29, 0.717) is 18.7 Å². The van der Waals surface area contributed by atoms with E-state index in [-0.39, 0.29) is 33.6 Å². The molecule has 0 bridgehead atoms. The van der Waals surface area contributed by atoms with Crippen LogP contribution in [0.2, 0.25) is 5.15 Å². The van der Waals surface area contributed by atoms with Gasteiger partial charge in [-0.15, -0.1) is 0 Å². The summed E-state index contributed by atoms with van der Waals surface area (Å²) in [7, 11) is -0.808. The second-order valence-electron chi connectivity index (χ2n) is 12.6. The van der Waals surface area contributed by atoms with Crippen molar-refractivity contribution in [1.82, 2.24) is 14.6 Å². The van der Waals surface area contributed by atoms with Crippen LogP contribution in [0.3, 0.4) is 0 Å². The standard InChI is InChI=1S/C30H41ClF3N3O4S/c1-28(2,3)36-42(40)24-13-12-20(16-22(24)30(32,33)34)23-17-21(25(31)37(23)18-19-10-8-7-9-11-19)26(38)35-15-14-29(4,5)27(39)41-6/h12-13,16-17,19,36H,7-11,14-15,18H2,1-6H3,(H,35,38). The number of halogens is 4. The normalized spacial score (nSPS) is 15.9. The number of ether oxygens (including phenoxy) is 1. The number of aromatic nitrogens is 1. The molecule has 2 aromatic rings. The van der Waals surface area contributed by atoms with Crippen LogP contribution in [0.5, 0.6) is 0 Å². The van der Waals surface area contributed by atoms with Gasteiger partial charge in [0.15, 0.2) is 0 Å². The molecular formula is C30H41ClF3N3O4S. The van der Waals surface area contributed by atoms with Crippen LogP contribution in [-0.4, -0.2) is 39.8 Å². The number of hydrogen-bond acceptors (Lipinski definition) is 4. The van der Waals surface area contributed by atoms with E-state index in [4.69, 9.17) is 16.3 Å².